The summed E-state index contributed by atoms with van der Waals surface area (Å²) in [7, 11) is 0. The summed E-state index contributed by atoms with van der Waals surface area (Å²) in [6.45, 7) is 1.63. The Morgan fingerprint density at radius 3 is 2.64 bits per heavy atom. The zero-order valence-electron chi connectivity index (χ0n) is 12.9. The first-order valence-electron chi connectivity index (χ1n) is 7.13. The van der Waals surface area contributed by atoms with Crippen LogP contribution in [-0.2, 0) is 11.2 Å². The Balaban J connectivity index is 2.30. The molecule has 0 amide bonds. The van der Waals surface area contributed by atoms with Crippen molar-refractivity contribution >= 4 is 45.7 Å². The number of hydrogen-bond donors (Lipinski definition) is 2. The van der Waals surface area contributed by atoms with Crippen LogP contribution in [0.25, 0.3) is 10.9 Å². The molecular formula is C17H11ClN2O4S. The number of thiophene rings is 1. The van der Waals surface area contributed by atoms with Crippen LogP contribution in [0.1, 0.15) is 25.8 Å². The third kappa shape index (κ3) is 2.76. The molecule has 0 saturated heterocycles. The van der Waals surface area contributed by atoms with Crippen LogP contribution in [0, 0.1) is 18.3 Å². The number of rotatable bonds is 3. The first kappa shape index (κ1) is 17.0. The van der Waals surface area contributed by atoms with Gasteiger partial charge in [-0.25, -0.2) is 0 Å². The fraction of sp³-hybridized carbons (Fsp3) is 0.118. The Bertz CT molecular complexity index is 1070. The number of carboxylic acids is 1. The van der Waals surface area contributed by atoms with Crippen molar-refractivity contribution in [3.05, 3.63) is 50.3 Å². The van der Waals surface area contributed by atoms with Gasteiger partial charge in [0.15, 0.2) is 0 Å². The standard InChI is InChI=1S/C17H11ClN2O4S/c1-8-10(6-14(22)23)15-11(3-4-12(21)16(15)18)20(8)17(24)13-5-2-9(7-19)25-13/h2-5,21H,6H2,1H3,(H,22,23). The summed E-state index contributed by atoms with van der Waals surface area (Å²) in [6, 6.07) is 7.96. The predicted molar refractivity (Wildman–Crippen MR) is 93.5 cm³/mol. The van der Waals surface area contributed by atoms with Crippen LogP contribution in [0.15, 0.2) is 24.3 Å². The van der Waals surface area contributed by atoms with Crippen molar-refractivity contribution in [2.24, 2.45) is 0 Å². The maximum absolute atomic E-state index is 12.9. The van der Waals surface area contributed by atoms with Crippen molar-refractivity contribution in [3.8, 4) is 11.8 Å². The largest absolute Gasteiger partial charge is 0.506 e. The molecule has 0 unspecified atom stereocenters. The summed E-state index contributed by atoms with van der Waals surface area (Å²) in [4.78, 5) is 24.9. The number of phenolic OH excluding ortho intramolecular Hbond substituents is 1. The fourth-order valence-electron chi connectivity index (χ4n) is 2.78. The van der Waals surface area contributed by atoms with E-state index < -0.39 is 5.97 Å². The van der Waals surface area contributed by atoms with Crippen molar-refractivity contribution in [1.82, 2.24) is 4.57 Å². The van der Waals surface area contributed by atoms with Gasteiger partial charge in [0.1, 0.15) is 16.7 Å². The topological polar surface area (TPSA) is 103 Å². The molecule has 3 rings (SSSR count). The van der Waals surface area contributed by atoms with Crippen molar-refractivity contribution < 1.29 is 19.8 Å². The van der Waals surface area contributed by atoms with Gasteiger partial charge in [-0.1, -0.05) is 11.6 Å². The first-order valence-corrected chi connectivity index (χ1v) is 8.32. The van der Waals surface area contributed by atoms with Gasteiger partial charge in [-0.3, -0.25) is 14.2 Å². The van der Waals surface area contributed by atoms with E-state index in [9.17, 15) is 19.8 Å². The molecule has 3 aromatic rings. The monoisotopic (exact) mass is 374 g/mol. The van der Waals surface area contributed by atoms with Crippen LogP contribution in [0.4, 0.5) is 0 Å². The number of fused-ring (bicyclic) bond motifs is 1. The Morgan fingerprint density at radius 2 is 2.04 bits per heavy atom. The zero-order chi connectivity index (χ0) is 18.3. The minimum atomic E-state index is -1.07. The summed E-state index contributed by atoms with van der Waals surface area (Å²) < 4.78 is 1.37. The molecule has 0 fully saturated rings. The minimum Gasteiger partial charge on any atom is -0.506 e. The van der Waals surface area contributed by atoms with Crippen LogP contribution >= 0.6 is 22.9 Å². The zero-order valence-corrected chi connectivity index (χ0v) is 14.5. The van der Waals surface area contributed by atoms with Gasteiger partial charge in [0.2, 0.25) is 0 Å². The number of aliphatic carboxylic acids is 1. The summed E-state index contributed by atoms with van der Waals surface area (Å²) in [5.41, 5.74) is 1.21. The molecule has 0 spiro atoms. The van der Waals surface area contributed by atoms with E-state index in [2.05, 4.69) is 0 Å². The van der Waals surface area contributed by atoms with Crippen LogP contribution in [0.3, 0.4) is 0 Å². The van der Waals surface area contributed by atoms with Gasteiger partial charge in [0.25, 0.3) is 5.91 Å². The van der Waals surface area contributed by atoms with Crippen LogP contribution < -0.4 is 0 Å². The number of carbonyl (C=O) groups is 2. The minimum absolute atomic E-state index is 0.00675. The van der Waals surface area contributed by atoms with E-state index >= 15 is 0 Å². The van der Waals surface area contributed by atoms with Gasteiger partial charge in [0, 0.05) is 11.1 Å². The number of carboxylic acid groups (broad SMARTS) is 1. The first-order chi connectivity index (χ1) is 11.8. The maximum atomic E-state index is 12.9. The highest BCUT2D eigenvalue weighted by molar-refractivity contribution is 7.14. The molecule has 0 aliphatic rings. The molecule has 2 aromatic heterocycles. The van der Waals surface area contributed by atoms with Gasteiger partial charge in [-0.05, 0) is 36.8 Å². The van der Waals surface area contributed by atoms with Crippen molar-refractivity contribution in [2.45, 2.75) is 13.3 Å². The lowest BCUT2D eigenvalue weighted by atomic mass is 10.1. The molecular weight excluding hydrogens is 364 g/mol. The Kier molecular flexibility index (Phi) is 4.25. The summed E-state index contributed by atoms with van der Waals surface area (Å²) >= 11 is 7.22. The number of carbonyl (C=O) groups excluding carboxylic acids is 1. The lowest BCUT2D eigenvalue weighted by Crippen LogP contribution is -2.12. The second-order valence-corrected chi connectivity index (χ2v) is 6.81. The number of halogens is 1. The van der Waals surface area contributed by atoms with E-state index in [1.807, 2.05) is 6.07 Å². The Hall–Kier alpha value is -2.82. The molecule has 25 heavy (non-hydrogen) atoms. The van der Waals surface area contributed by atoms with Crippen molar-refractivity contribution in [3.63, 3.8) is 0 Å². The van der Waals surface area contributed by atoms with Crippen molar-refractivity contribution in [1.29, 1.82) is 5.26 Å². The lowest BCUT2D eigenvalue weighted by molar-refractivity contribution is -0.136. The third-order valence-electron chi connectivity index (χ3n) is 3.87. The van der Waals surface area contributed by atoms with E-state index in [0.717, 1.165) is 11.3 Å². The van der Waals surface area contributed by atoms with Gasteiger partial charge < -0.3 is 10.2 Å². The van der Waals surface area contributed by atoms with Crippen LogP contribution in [0.2, 0.25) is 5.02 Å². The molecule has 0 saturated carbocycles. The summed E-state index contributed by atoms with van der Waals surface area (Å²) in [5, 5.41) is 28.3. The van der Waals surface area contributed by atoms with E-state index in [0.29, 0.717) is 31.9 Å². The number of aromatic hydroxyl groups is 1. The lowest BCUT2D eigenvalue weighted by Gasteiger charge is -2.05. The molecule has 2 heterocycles. The molecule has 0 bridgehead atoms. The number of aromatic nitrogens is 1. The molecule has 6 nitrogen and oxygen atoms in total. The quantitative estimate of drug-likeness (QED) is 0.729. The Labute approximate surface area is 151 Å². The maximum Gasteiger partial charge on any atom is 0.307 e. The highest BCUT2D eigenvalue weighted by Gasteiger charge is 2.24. The molecule has 0 aliphatic carbocycles. The van der Waals surface area contributed by atoms with Gasteiger partial charge in [0.05, 0.1) is 21.8 Å². The van der Waals surface area contributed by atoms with E-state index in [4.69, 9.17) is 16.9 Å². The molecule has 1 aromatic carbocycles. The van der Waals surface area contributed by atoms with Crippen molar-refractivity contribution in [2.75, 3.05) is 0 Å². The summed E-state index contributed by atoms with van der Waals surface area (Å²) in [5.74, 6) is -1.64. The van der Waals surface area contributed by atoms with E-state index in [1.165, 1.54) is 16.7 Å². The molecule has 0 radical (unpaired) electrons. The SMILES string of the molecule is Cc1c(CC(=O)O)c2c(Cl)c(O)ccc2n1C(=O)c1ccc(C#N)s1. The van der Waals surface area contributed by atoms with E-state index in [-0.39, 0.29) is 23.1 Å². The molecule has 126 valence electrons. The van der Waals surface area contributed by atoms with Crippen LogP contribution in [-0.4, -0.2) is 26.7 Å². The fourth-order valence-corrected chi connectivity index (χ4v) is 3.78. The smallest absolute Gasteiger partial charge is 0.307 e. The summed E-state index contributed by atoms with van der Waals surface area (Å²) in [6.07, 6.45) is -0.334. The normalized spacial score (nSPS) is 10.8. The third-order valence-corrected chi connectivity index (χ3v) is 5.23. The highest BCUT2D eigenvalue weighted by atomic mass is 35.5. The van der Waals surface area contributed by atoms with E-state index in [1.54, 1.807) is 19.1 Å². The molecule has 8 heteroatoms. The average Bonchev–Trinajstić information content (AvgIpc) is 3.14. The highest BCUT2D eigenvalue weighted by Crippen LogP contribution is 2.38. The Morgan fingerprint density at radius 1 is 1.32 bits per heavy atom. The van der Waals surface area contributed by atoms with Gasteiger partial charge in [-0.2, -0.15) is 5.26 Å². The second-order valence-electron chi connectivity index (χ2n) is 5.34. The number of nitrogens with zero attached hydrogens (tertiary/aromatic N) is 2. The van der Waals surface area contributed by atoms with Gasteiger partial charge in [-0.15, -0.1) is 11.3 Å². The number of phenols is 1. The molecule has 2 N–H and O–H groups in total. The predicted octanol–water partition coefficient (Wildman–Crippen LogP) is 3.56. The molecule has 0 atom stereocenters. The number of benzene rings is 1. The van der Waals surface area contributed by atoms with Crippen LogP contribution in [0.5, 0.6) is 5.75 Å². The second kappa shape index (κ2) is 6.24. The average molecular weight is 375 g/mol. The number of hydrogen-bond acceptors (Lipinski definition) is 5. The van der Waals surface area contributed by atoms with Gasteiger partial charge >= 0.3 is 5.97 Å². The number of nitriles is 1. The molecule has 0 aliphatic heterocycles.